The molecule has 0 aliphatic heterocycles. The van der Waals surface area contributed by atoms with E-state index >= 15 is 0 Å². The number of benzene rings is 1. The van der Waals surface area contributed by atoms with Gasteiger partial charge in [-0.15, -0.1) is 0 Å². The van der Waals surface area contributed by atoms with Crippen molar-refractivity contribution in [2.45, 2.75) is 19.4 Å². The summed E-state index contributed by atoms with van der Waals surface area (Å²) in [4.78, 5) is 0. The second-order valence-corrected chi connectivity index (χ2v) is 4.52. The Morgan fingerprint density at radius 2 is 2.24 bits per heavy atom. The summed E-state index contributed by atoms with van der Waals surface area (Å²) in [6.45, 7) is 4.64. The van der Waals surface area contributed by atoms with Gasteiger partial charge in [-0.05, 0) is 25.6 Å². The van der Waals surface area contributed by atoms with E-state index in [2.05, 4.69) is 5.32 Å². The summed E-state index contributed by atoms with van der Waals surface area (Å²) in [6.07, 6.45) is 0. The third kappa shape index (κ3) is 4.50. The van der Waals surface area contributed by atoms with Crippen LogP contribution in [0.1, 0.15) is 13.8 Å². The van der Waals surface area contributed by atoms with E-state index < -0.39 is 11.4 Å². The van der Waals surface area contributed by atoms with Crippen molar-refractivity contribution >= 4 is 11.6 Å². The molecule has 0 amide bonds. The summed E-state index contributed by atoms with van der Waals surface area (Å²) in [5, 5.41) is 13.1. The molecule has 0 spiro atoms. The fourth-order valence-electron chi connectivity index (χ4n) is 1.29. The van der Waals surface area contributed by atoms with Gasteiger partial charge < -0.3 is 15.2 Å². The lowest BCUT2D eigenvalue weighted by Crippen LogP contribution is -2.42. The van der Waals surface area contributed by atoms with Crippen LogP contribution in [-0.2, 0) is 0 Å². The minimum absolute atomic E-state index is 0.0223. The van der Waals surface area contributed by atoms with Gasteiger partial charge in [-0.25, -0.2) is 4.39 Å². The molecule has 17 heavy (non-hydrogen) atoms. The quantitative estimate of drug-likeness (QED) is 0.825. The van der Waals surface area contributed by atoms with Crippen LogP contribution in [0.25, 0.3) is 0 Å². The molecule has 0 aliphatic carbocycles. The molecule has 0 heterocycles. The topological polar surface area (TPSA) is 41.5 Å². The predicted octanol–water partition coefficient (Wildman–Crippen LogP) is 2.22. The largest absolute Gasteiger partial charge is 0.486 e. The summed E-state index contributed by atoms with van der Waals surface area (Å²) >= 11 is 5.80. The average Bonchev–Trinajstić information content (AvgIpc) is 2.26. The molecule has 0 aliphatic rings. The Bertz CT molecular complexity index is 351. The summed E-state index contributed by atoms with van der Waals surface area (Å²) < 4.78 is 18.6. The molecule has 0 saturated carbocycles. The zero-order chi connectivity index (χ0) is 12.9. The first-order chi connectivity index (χ1) is 7.96. The van der Waals surface area contributed by atoms with E-state index in [9.17, 15) is 9.50 Å². The number of likely N-dealkylation sites (N-methyl/N-ethyl adjacent to an activating group) is 1. The van der Waals surface area contributed by atoms with E-state index in [4.69, 9.17) is 16.3 Å². The number of hydrogen-bond donors (Lipinski definition) is 2. The second kappa shape index (κ2) is 6.19. The first kappa shape index (κ1) is 14.2. The molecule has 0 saturated heterocycles. The van der Waals surface area contributed by atoms with Gasteiger partial charge in [-0.2, -0.15) is 0 Å². The van der Waals surface area contributed by atoms with E-state index in [0.29, 0.717) is 6.54 Å². The van der Waals surface area contributed by atoms with Crippen LogP contribution < -0.4 is 10.1 Å². The molecule has 1 unspecified atom stereocenters. The molecule has 0 aromatic heterocycles. The maximum absolute atomic E-state index is 13.4. The highest BCUT2D eigenvalue weighted by atomic mass is 35.5. The maximum Gasteiger partial charge on any atom is 0.173 e. The lowest BCUT2D eigenvalue weighted by Gasteiger charge is -2.24. The lowest BCUT2D eigenvalue weighted by atomic mass is 10.1. The normalized spacial score (nSPS) is 14.4. The standard InChI is InChI=1S/C12H17ClFNO2/c1-3-15-7-12(2,16)8-17-11-9(13)5-4-6-10(11)14/h4-6,15-16H,3,7-8H2,1-2H3. The highest BCUT2D eigenvalue weighted by Crippen LogP contribution is 2.27. The Hall–Kier alpha value is -0.840. The zero-order valence-corrected chi connectivity index (χ0v) is 10.7. The summed E-state index contributed by atoms with van der Waals surface area (Å²) in [5.74, 6) is -0.553. The average molecular weight is 262 g/mol. The van der Waals surface area contributed by atoms with Crippen LogP contribution in [-0.4, -0.2) is 30.4 Å². The van der Waals surface area contributed by atoms with Gasteiger partial charge in [0.25, 0.3) is 0 Å². The molecule has 0 fully saturated rings. The number of hydrogen-bond acceptors (Lipinski definition) is 3. The van der Waals surface area contributed by atoms with E-state index in [0.717, 1.165) is 6.54 Å². The van der Waals surface area contributed by atoms with Gasteiger partial charge in [0.1, 0.15) is 12.2 Å². The SMILES string of the molecule is CCNCC(C)(O)COc1c(F)cccc1Cl. The minimum atomic E-state index is -1.07. The van der Waals surface area contributed by atoms with Crippen molar-refractivity contribution in [2.75, 3.05) is 19.7 Å². The third-order valence-corrected chi connectivity index (χ3v) is 2.50. The molecule has 1 aromatic rings. The molecular weight excluding hydrogens is 245 g/mol. The Labute approximate surface area is 106 Å². The zero-order valence-electron chi connectivity index (χ0n) is 9.96. The molecule has 2 N–H and O–H groups in total. The van der Waals surface area contributed by atoms with Gasteiger partial charge in [0.05, 0.1) is 5.02 Å². The van der Waals surface area contributed by atoms with Crippen molar-refractivity contribution in [2.24, 2.45) is 0 Å². The highest BCUT2D eigenvalue weighted by Gasteiger charge is 2.22. The number of nitrogens with one attached hydrogen (secondary N) is 1. The Morgan fingerprint density at radius 3 is 2.82 bits per heavy atom. The van der Waals surface area contributed by atoms with Crippen molar-refractivity contribution in [3.05, 3.63) is 29.0 Å². The minimum Gasteiger partial charge on any atom is -0.486 e. The molecule has 3 nitrogen and oxygen atoms in total. The van der Waals surface area contributed by atoms with Gasteiger partial charge in [0, 0.05) is 6.54 Å². The van der Waals surface area contributed by atoms with Gasteiger partial charge in [-0.1, -0.05) is 24.6 Å². The van der Waals surface area contributed by atoms with E-state index in [-0.39, 0.29) is 17.4 Å². The molecule has 1 atom stereocenters. The summed E-state index contributed by atoms with van der Waals surface area (Å²) in [6, 6.07) is 4.31. The number of ether oxygens (including phenoxy) is 1. The Kier molecular flexibility index (Phi) is 5.18. The van der Waals surface area contributed by atoms with Crippen molar-refractivity contribution in [3.8, 4) is 5.75 Å². The van der Waals surface area contributed by atoms with Crippen molar-refractivity contribution in [1.29, 1.82) is 0 Å². The number of rotatable bonds is 6. The monoisotopic (exact) mass is 261 g/mol. The van der Waals surface area contributed by atoms with Crippen molar-refractivity contribution < 1.29 is 14.2 Å². The highest BCUT2D eigenvalue weighted by molar-refractivity contribution is 6.32. The molecular formula is C12H17ClFNO2. The molecule has 1 aromatic carbocycles. The fraction of sp³-hybridized carbons (Fsp3) is 0.500. The lowest BCUT2D eigenvalue weighted by molar-refractivity contribution is 0.0116. The molecule has 1 rings (SSSR count). The Morgan fingerprint density at radius 1 is 1.53 bits per heavy atom. The van der Waals surface area contributed by atoms with Crippen LogP contribution in [0.15, 0.2) is 18.2 Å². The van der Waals surface area contributed by atoms with Gasteiger partial charge >= 0.3 is 0 Å². The Balaban J connectivity index is 2.60. The summed E-state index contributed by atoms with van der Waals surface area (Å²) in [5.41, 5.74) is -1.07. The fourth-order valence-corrected chi connectivity index (χ4v) is 1.51. The van der Waals surface area contributed by atoms with Crippen LogP contribution >= 0.6 is 11.6 Å². The van der Waals surface area contributed by atoms with Crippen LogP contribution in [0.2, 0.25) is 5.02 Å². The smallest absolute Gasteiger partial charge is 0.173 e. The molecule has 0 bridgehead atoms. The van der Waals surface area contributed by atoms with Crippen LogP contribution in [0.3, 0.4) is 0 Å². The van der Waals surface area contributed by atoms with E-state index in [1.54, 1.807) is 13.0 Å². The first-order valence-electron chi connectivity index (χ1n) is 5.46. The van der Waals surface area contributed by atoms with Crippen LogP contribution in [0.5, 0.6) is 5.75 Å². The summed E-state index contributed by atoms with van der Waals surface area (Å²) in [7, 11) is 0. The number of para-hydroxylation sites is 1. The maximum atomic E-state index is 13.4. The third-order valence-electron chi connectivity index (χ3n) is 2.20. The van der Waals surface area contributed by atoms with Crippen LogP contribution in [0.4, 0.5) is 4.39 Å². The van der Waals surface area contributed by atoms with E-state index in [1.165, 1.54) is 12.1 Å². The van der Waals surface area contributed by atoms with E-state index in [1.807, 2.05) is 6.92 Å². The predicted molar refractivity (Wildman–Crippen MR) is 66.1 cm³/mol. The molecule has 5 heteroatoms. The van der Waals surface area contributed by atoms with Crippen LogP contribution in [0, 0.1) is 5.82 Å². The number of halogens is 2. The van der Waals surface area contributed by atoms with Gasteiger partial charge in [0.2, 0.25) is 0 Å². The number of aliphatic hydroxyl groups is 1. The first-order valence-corrected chi connectivity index (χ1v) is 5.84. The molecule has 0 radical (unpaired) electrons. The van der Waals surface area contributed by atoms with Gasteiger partial charge in [0.15, 0.2) is 11.6 Å². The van der Waals surface area contributed by atoms with Crippen molar-refractivity contribution in [3.63, 3.8) is 0 Å². The second-order valence-electron chi connectivity index (χ2n) is 4.12. The van der Waals surface area contributed by atoms with Crippen molar-refractivity contribution in [1.82, 2.24) is 5.32 Å². The van der Waals surface area contributed by atoms with Gasteiger partial charge in [-0.3, -0.25) is 0 Å². The molecule has 96 valence electrons.